The molecule has 0 unspecified atom stereocenters. The quantitative estimate of drug-likeness (QED) is 0.251. The Kier molecular flexibility index (Phi) is 4.86. The minimum absolute atomic E-state index is 0.234. The van der Waals surface area contributed by atoms with E-state index in [1.54, 1.807) is 12.1 Å². The number of aromatic nitrogens is 2. The number of halogens is 1. The number of hydrogen-bond acceptors (Lipinski definition) is 3. The van der Waals surface area contributed by atoms with Crippen LogP contribution in [0.4, 0.5) is 4.39 Å². The van der Waals surface area contributed by atoms with Crippen molar-refractivity contribution in [2.75, 3.05) is 0 Å². The van der Waals surface area contributed by atoms with Gasteiger partial charge in [-0.15, -0.1) is 11.3 Å². The van der Waals surface area contributed by atoms with Crippen molar-refractivity contribution >= 4 is 42.4 Å². The lowest BCUT2D eigenvalue weighted by atomic mass is 10.0. The van der Waals surface area contributed by atoms with Crippen LogP contribution in [-0.2, 0) is 0 Å². The fraction of sp³-hybridized carbons (Fsp3) is 0. The smallest absolute Gasteiger partial charge is 0.123 e. The first-order chi connectivity index (χ1) is 17.7. The largest absolute Gasteiger partial charge is 0.256 e. The Morgan fingerprint density at radius 2 is 1.28 bits per heavy atom. The number of nitrogens with zero attached hydrogens (tertiary/aromatic N) is 2. The minimum atomic E-state index is -0.234. The fourth-order valence-electron chi connectivity index (χ4n) is 4.72. The fourth-order valence-corrected chi connectivity index (χ4v) is 5.81. The maximum absolute atomic E-state index is 13.3. The highest BCUT2D eigenvalue weighted by molar-refractivity contribution is 7.25. The van der Waals surface area contributed by atoms with Crippen LogP contribution in [0.2, 0.25) is 0 Å². The van der Waals surface area contributed by atoms with Gasteiger partial charge in [-0.3, -0.25) is 9.97 Å². The van der Waals surface area contributed by atoms with E-state index in [4.69, 9.17) is 9.97 Å². The van der Waals surface area contributed by atoms with E-state index in [0.29, 0.717) is 0 Å². The Morgan fingerprint density at radius 3 is 2.14 bits per heavy atom. The first-order valence-corrected chi connectivity index (χ1v) is 12.6. The third kappa shape index (κ3) is 3.63. The number of pyridine rings is 2. The summed E-state index contributed by atoms with van der Waals surface area (Å²) in [6.07, 6.45) is 3.80. The number of hydrogen-bond donors (Lipinski definition) is 0. The number of thiophene rings is 1. The van der Waals surface area contributed by atoms with Crippen LogP contribution in [0.3, 0.4) is 0 Å². The molecule has 0 amide bonds. The van der Waals surface area contributed by atoms with Gasteiger partial charge in [0.05, 0.1) is 11.2 Å². The van der Waals surface area contributed by atoms with Crippen LogP contribution in [0.5, 0.6) is 0 Å². The van der Waals surface area contributed by atoms with Crippen molar-refractivity contribution in [2.24, 2.45) is 0 Å². The Morgan fingerprint density at radius 1 is 0.528 bits per heavy atom. The molecule has 3 heterocycles. The molecule has 0 radical (unpaired) electrons. The van der Waals surface area contributed by atoms with Gasteiger partial charge in [-0.2, -0.15) is 0 Å². The summed E-state index contributed by atoms with van der Waals surface area (Å²) in [5.41, 5.74) is 7.01. The molecule has 0 spiro atoms. The summed E-state index contributed by atoms with van der Waals surface area (Å²) in [5.74, 6) is -0.234. The number of rotatable bonds is 3. The van der Waals surface area contributed by atoms with Gasteiger partial charge in [0.15, 0.2) is 0 Å². The van der Waals surface area contributed by atoms with Gasteiger partial charge in [-0.1, -0.05) is 54.6 Å². The first kappa shape index (κ1) is 20.9. The molecule has 170 valence electrons. The van der Waals surface area contributed by atoms with Crippen LogP contribution >= 0.6 is 11.3 Å². The topological polar surface area (TPSA) is 25.8 Å². The zero-order chi connectivity index (χ0) is 24.1. The standard InChI is InChI=1S/C32H19FN2S/c33-26-11-7-20(8-12-26)21-5-6-22-15-25(19-35-30(22)17-21)24-9-13-29(34-18-24)23-10-14-32-28(16-23)27-3-1-2-4-31(27)36-32/h1-19H. The molecule has 3 aromatic heterocycles. The van der Waals surface area contributed by atoms with E-state index >= 15 is 0 Å². The van der Waals surface area contributed by atoms with E-state index < -0.39 is 0 Å². The summed E-state index contributed by atoms with van der Waals surface area (Å²) in [5, 5.41) is 3.62. The summed E-state index contributed by atoms with van der Waals surface area (Å²) in [4.78, 5) is 9.48. The molecule has 0 fully saturated rings. The molecule has 0 atom stereocenters. The summed E-state index contributed by atoms with van der Waals surface area (Å²) < 4.78 is 15.9. The van der Waals surface area contributed by atoms with Crippen molar-refractivity contribution in [1.29, 1.82) is 0 Å². The van der Waals surface area contributed by atoms with Gasteiger partial charge in [0.2, 0.25) is 0 Å². The molecular formula is C32H19FN2S. The lowest BCUT2D eigenvalue weighted by Gasteiger charge is -2.07. The molecule has 0 aliphatic heterocycles. The zero-order valence-corrected chi connectivity index (χ0v) is 20.0. The van der Waals surface area contributed by atoms with Gasteiger partial charge in [0.1, 0.15) is 5.82 Å². The van der Waals surface area contributed by atoms with Gasteiger partial charge in [-0.05, 0) is 59.7 Å². The molecule has 0 bridgehead atoms. The van der Waals surface area contributed by atoms with E-state index in [-0.39, 0.29) is 5.82 Å². The predicted octanol–water partition coefficient (Wildman–Crippen LogP) is 9.14. The second kappa shape index (κ2) is 8.36. The van der Waals surface area contributed by atoms with Crippen molar-refractivity contribution in [3.63, 3.8) is 0 Å². The van der Waals surface area contributed by atoms with Gasteiger partial charge in [-0.25, -0.2) is 4.39 Å². The SMILES string of the molecule is Fc1ccc(-c2ccc3cc(-c4ccc(-c5ccc6sc7ccccc7c6c5)nc4)cnc3c2)cc1. The monoisotopic (exact) mass is 482 g/mol. The molecule has 36 heavy (non-hydrogen) atoms. The highest BCUT2D eigenvalue weighted by atomic mass is 32.1. The van der Waals surface area contributed by atoms with Crippen LogP contribution < -0.4 is 0 Å². The van der Waals surface area contributed by atoms with Gasteiger partial charge in [0.25, 0.3) is 0 Å². The number of fused-ring (bicyclic) bond motifs is 4. The van der Waals surface area contributed by atoms with Gasteiger partial charge >= 0.3 is 0 Å². The molecule has 0 N–H and O–H groups in total. The van der Waals surface area contributed by atoms with Gasteiger partial charge in [0, 0.05) is 54.6 Å². The number of benzene rings is 4. The Hall–Kier alpha value is -4.41. The van der Waals surface area contributed by atoms with E-state index in [1.807, 2.05) is 35.9 Å². The molecule has 7 rings (SSSR count). The first-order valence-electron chi connectivity index (χ1n) is 11.8. The van der Waals surface area contributed by atoms with Crippen LogP contribution in [0.15, 0.2) is 116 Å². The summed E-state index contributed by atoms with van der Waals surface area (Å²) in [7, 11) is 0. The molecule has 0 saturated carbocycles. The van der Waals surface area contributed by atoms with Crippen molar-refractivity contribution < 1.29 is 4.39 Å². The predicted molar refractivity (Wildman–Crippen MR) is 149 cm³/mol. The van der Waals surface area contributed by atoms with E-state index in [0.717, 1.165) is 44.4 Å². The van der Waals surface area contributed by atoms with E-state index in [2.05, 4.69) is 66.7 Å². The van der Waals surface area contributed by atoms with Crippen LogP contribution in [-0.4, -0.2) is 9.97 Å². The molecule has 0 aliphatic carbocycles. The third-order valence-electron chi connectivity index (χ3n) is 6.63. The maximum atomic E-state index is 13.3. The summed E-state index contributed by atoms with van der Waals surface area (Å²) in [6.45, 7) is 0. The van der Waals surface area contributed by atoms with Crippen molar-refractivity contribution in [2.45, 2.75) is 0 Å². The lowest BCUT2D eigenvalue weighted by Crippen LogP contribution is -1.88. The van der Waals surface area contributed by atoms with Crippen molar-refractivity contribution in [3.8, 4) is 33.5 Å². The Labute approximate surface area is 211 Å². The average Bonchev–Trinajstić information content (AvgIpc) is 3.31. The van der Waals surface area contributed by atoms with Crippen molar-refractivity contribution in [1.82, 2.24) is 9.97 Å². The second-order valence-corrected chi connectivity index (χ2v) is 9.96. The lowest BCUT2D eigenvalue weighted by molar-refractivity contribution is 0.628. The minimum Gasteiger partial charge on any atom is -0.256 e. The molecular weight excluding hydrogens is 463 g/mol. The van der Waals surface area contributed by atoms with Crippen molar-refractivity contribution in [3.05, 3.63) is 121 Å². The molecule has 4 aromatic carbocycles. The molecule has 4 heteroatoms. The van der Waals surface area contributed by atoms with E-state index in [1.165, 1.54) is 32.3 Å². The zero-order valence-electron chi connectivity index (χ0n) is 19.2. The van der Waals surface area contributed by atoms with Crippen LogP contribution in [0, 0.1) is 5.82 Å². The highest BCUT2D eigenvalue weighted by Gasteiger charge is 2.09. The molecule has 7 aromatic rings. The highest BCUT2D eigenvalue weighted by Crippen LogP contribution is 2.36. The Bertz CT molecular complexity index is 1890. The molecule has 0 aliphatic rings. The van der Waals surface area contributed by atoms with Crippen LogP contribution in [0.25, 0.3) is 64.6 Å². The van der Waals surface area contributed by atoms with Crippen LogP contribution in [0.1, 0.15) is 0 Å². The van der Waals surface area contributed by atoms with Gasteiger partial charge < -0.3 is 0 Å². The average molecular weight is 483 g/mol. The Balaban J connectivity index is 1.20. The second-order valence-electron chi connectivity index (χ2n) is 8.88. The normalized spacial score (nSPS) is 11.5. The maximum Gasteiger partial charge on any atom is 0.123 e. The molecule has 2 nitrogen and oxygen atoms in total. The summed E-state index contributed by atoms with van der Waals surface area (Å²) >= 11 is 1.82. The third-order valence-corrected chi connectivity index (χ3v) is 7.78. The summed E-state index contributed by atoms with van der Waals surface area (Å²) in [6, 6.07) is 34.1. The molecule has 0 saturated heterocycles. The van der Waals surface area contributed by atoms with E-state index in [9.17, 15) is 4.39 Å².